The Morgan fingerprint density at radius 2 is 1.74 bits per heavy atom. The van der Waals surface area contributed by atoms with E-state index in [1.54, 1.807) is 0 Å². The van der Waals surface area contributed by atoms with Crippen molar-refractivity contribution in [1.82, 2.24) is 4.98 Å². The summed E-state index contributed by atoms with van der Waals surface area (Å²) in [5, 5.41) is 2.01. The maximum absolute atomic E-state index is 8.27. The first-order valence-electron chi connectivity index (χ1n) is 12.2. The summed E-state index contributed by atoms with van der Waals surface area (Å²) < 4.78 is 54.8. The minimum atomic E-state index is -2.61. The van der Waals surface area contributed by atoms with Crippen LogP contribution < -0.4 is 0 Å². The minimum Gasteiger partial charge on any atom is -0.456 e. The summed E-state index contributed by atoms with van der Waals surface area (Å²) in [5.74, 6) is 0. The van der Waals surface area contributed by atoms with E-state index in [1.165, 1.54) is 6.20 Å². The SMILES string of the molecule is [2H]C([2H])([2H])c1cnc2c(c1C([2H])([2H])[2H])C(C)(C)C(C)(C)c1cc3c(cc1-2)oc1ccccc13. The highest BCUT2D eigenvalue weighted by Gasteiger charge is 2.47. The van der Waals surface area contributed by atoms with Crippen molar-refractivity contribution in [3.05, 3.63) is 64.8 Å². The first kappa shape index (κ1) is 11.3. The Bertz CT molecular complexity index is 1440. The molecule has 2 aromatic carbocycles. The number of furan rings is 1. The molecule has 0 unspecified atom stereocenters. The number of para-hydroxylation sites is 1. The van der Waals surface area contributed by atoms with Gasteiger partial charge in [-0.1, -0.05) is 45.9 Å². The highest BCUT2D eigenvalue weighted by Crippen LogP contribution is 2.55. The van der Waals surface area contributed by atoms with Crippen LogP contribution in [0.1, 0.15) is 58.2 Å². The normalized spacial score (nSPS) is 21.3. The lowest BCUT2D eigenvalue weighted by atomic mass is 9.55. The minimum absolute atomic E-state index is 0.110. The quantitative estimate of drug-likeness (QED) is 0.343. The van der Waals surface area contributed by atoms with Gasteiger partial charge in [0, 0.05) is 36.2 Å². The molecule has 0 atom stereocenters. The van der Waals surface area contributed by atoms with Crippen LogP contribution in [-0.2, 0) is 10.8 Å². The van der Waals surface area contributed by atoms with Crippen molar-refractivity contribution in [2.45, 2.75) is 52.2 Å². The summed E-state index contributed by atoms with van der Waals surface area (Å²) in [6.45, 7) is 2.92. The van der Waals surface area contributed by atoms with Crippen LogP contribution in [0.4, 0.5) is 0 Å². The van der Waals surface area contributed by atoms with Crippen LogP contribution in [0.3, 0.4) is 0 Å². The van der Waals surface area contributed by atoms with Gasteiger partial charge in [0.1, 0.15) is 11.2 Å². The highest BCUT2D eigenvalue weighted by molar-refractivity contribution is 6.06. The number of hydrogen-bond acceptors (Lipinski definition) is 2. The standard InChI is InChI=1S/C25H25NO/c1-14-13-26-23-18-12-21-17(16-9-7-8-10-20(16)27-21)11-19(18)24(3,4)25(5,6)22(23)15(14)2/h7-13H,1-6H3/i1D3,2D3. The first-order chi connectivity index (χ1) is 15.2. The van der Waals surface area contributed by atoms with Gasteiger partial charge in [0.15, 0.2) is 0 Å². The second-order valence-electron chi connectivity index (χ2n) is 8.51. The largest absolute Gasteiger partial charge is 0.456 e. The molecule has 1 aliphatic rings. The summed E-state index contributed by atoms with van der Waals surface area (Å²) in [6.07, 6.45) is 1.22. The maximum atomic E-state index is 8.27. The first-order valence-corrected chi connectivity index (χ1v) is 9.16. The van der Waals surface area contributed by atoms with Gasteiger partial charge in [0.2, 0.25) is 0 Å². The number of aryl methyl sites for hydroxylation is 1. The van der Waals surface area contributed by atoms with E-state index >= 15 is 0 Å². The molecule has 1 aliphatic carbocycles. The molecule has 0 saturated heterocycles. The van der Waals surface area contributed by atoms with E-state index in [-0.39, 0.29) is 11.1 Å². The lowest BCUT2D eigenvalue weighted by Crippen LogP contribution is -2.44. The fourth-order valence-corrected chi connectivity index (χ4v) is 4.46. The van der Waals surface area contributed by atoms with E-state index in [4.69, 9.17) is 12.6 Å². The summed E-state index contributed by atoms with van der Waals surface area (Å²) >= 11 is 0. The number of hydrogen-bond donors (Lipinski definition) is 0. The van der Waals surface area contributed by atoms with Crippen molar-refractivity contribution in [3.8, 4) is 11.3 Å². The van der Waals surface area contributed by atoms with Gasteiger partial charge in [0.25, 0.3) is 0 Å². The zero-order valence-corrected chi connectivity index (χ0v) is 15.9. The zero-order chi connectivity index (χ0) is 24.1. The van der Waals surface area contributed by atoms with Crippen LogP contribution in [0.5, 0.6) is 0 Å². The topological polar surface area (TPSA) is 26.0 Å². The van der Waals surface area contributed by atoms with Crippen LogP contribution >= 0.6 is 0 Å². The zero-order valence-electron chi connectivity index (χ0n) is 21.9. The van der Waals surface area contributed by atoms with Crippen molar-refractivity contribution in [2.24, 2.45) is 0 Å². The summed E-state index contributed by atoms with van der Waals surface area (Å²) in [7, 11) is 0. The number of fused-ring (bicyclic) bond motifs is 6. The Balaban J connectivity index is 1.96. The monoisotopic (exact) mass is 361 g/mol. The van der Waals surface area contributed by atoms with Crippen molar-refractivity contribution >= 4 is 21.9 Å². The van der Waals surface area contributed by atoms with Crippen LogP contribution in [0.2, 0.25) is 0 Å². The third-order valence-corrected chi connectivity index (χ3v) is 6.71. The molecule has 2 nitrogen and oxygen atoms in total. The molecule has 0 aliphatic heterocycles. The number of benzene rings is 2. The smallest absolute Gasteiger partial charge is 0.136 e. The van der Waals surface area contributed by atoms with E-state index in [0.29, 0.717) is 16.8 Å². The molecule has 2 heterocycles. The van der Waals surface area contributed by atoms with Gasteiger partial charge in [0.05, 0.1) is 5.69 Å². The lowest BCUT2D eigenvalue weighted by molar-refractivity contribution is 0.297. The van der Waals surface area contributed by atoms with Crippen molar-refractivity contribution in [3.63, 3.8) is 0 Å². The number of nitrogens with zero attached hydrogens (tertiary/aromatic N) is 1. The van der Waals surface area contributed by atoms with Gasteiger partial charge < -0.3 is 4.42 Å². The molecular formula is C25H25NO. The van der Waals surface area contributed by atoms with Crippen LogP contribution in [-0.4, -0.2) is 4.98 Å². The van der Waals surface area contributed by atoms with Crippen LogP contribution in [0, 0.1) is 13.7 Å². The Morgan fingerprint density at radius 3 is 2.52 bits per heavy atom. The van der Waals surface area contributed by atoms with Crippen molar-refractivity contribution in [1.29, 1.82) is 0 Å². The Morgan fingerprint density at radius 1 is 0.926 bits per heavy atom. The second-order valence-corrected chi connectivity index (χ2v) is 8.51. The molecule has 0 spiro atoms. The molecule has 0 radical (unpaired) electrons. The molecule has 2 aromatic heterocycles. The predicted octanol–water partition coefficient (Wildman–Crippen LogP) is 6.83. The molecule has 4 aromatic rings. The van der Waals surface area contributed by atoms with E-state index in [0.717, 1.165) is 27.5 Å². The van der Waals surface area contributed by atoms with E-state index < -0.39 is 24.5 Å². The van der Waals surface area contributed by atoms with Gasteiger partial charge in [-0.15, -0.1) is 0 Å². The van der Waals surface area contributed by atoms with Crippen LogP contribution in [0.25, 0.3) is 33.2 Å². The van der Waals surface area contributed by atoms with Gasteiger partial charge in [-0.2, -0.15) is 0 Å². The number of aromatic nitrogens is 1. The van der Waals surface area contributed by atoms with Gasteiger partial charge >= 0.3 is 0 Å². The fourth-order valence-electron chi connectivity index (χ4n) is 4.46. The highest BCUT2D eigenvalue weighted by atomic mass is 16.3. The molecule has 0 bridgehead atoms. The molecule has 27 heavy (non-hydrogen) atoms. The van der Waals surface area contributed by atoms with E-state index in [9.17, 15) is 0 Å². The maximum Gasteiger partial charge on any atom is 0.136 e. The van der Waals surface area contributed by atoms with Gasteiger partial charge in [-0.3, -0.25) is 4.98 Å². The fraction of sp³-hybridized carbons (Fsp3) is 0.320. The van der Waals surface area contributed by atoms with Crippen LogP contribution in [0.15, 0.2) is 47.0 Å². The molecule has 0 amide bonds. The molecule has 0 fully saturated rings. The third-order valence-electron chi connectivity index (χ3n) is 6.71. The Labute approximate surface area is 168 Å². The average molecular weight is 362 g/mol. The number of pyridine rings is 1. The average Bonchev–Trinajstić information content (AvgIpc) is 3.07. The molecule has 0 N–H and O–H groups in total. The second kappa shape index (κ2) is 5.01. The lowest BCUT2D eigenvalue weighted by Gasteiger charge is -2.48. The van der Waals surface area contributed by atoms with E-state index in [2.05, 4.69) is 24.9 Å². The summed E-state index contributed by atoms with van der Waals surface area (Å²) in [6, 6.07) is 11.9. The Kier molecular flexibility index (Phi) is 2.09. The molecule has 136 valence electrons. The van der Waals surface area contributed by atoms with Crippen molar-refractivity contribution < 1.29 is 12.6 Å². The molecule has 5 rings (SSSR count). The summed E-state index contributed by atoms with van der Waals surface area (Å²) in [4.78, 5) is 4.57. The predicted molar refractivity (Wildman–Crippen MR) is 112 cm³/mol. The summed E-state index contributed by atoms with van der Waals surface area (Å²) in [5.41, 5.74) is 2.72. The molecular weight excluding hydrogens is 330 g/mol. The molecule has 0 saturated carbocycles. The Hall–Kier alpha value is -2.61. The van der Waals surface area contributed by atoms with Gasteiger partial charge in [-0.05, 0) is 59.6 Å². The van der Waals surface area contributed by atoms with Crippen molar-refractivity contribution in [2.75, 3.05) is 0 Å². The van der Waals surface area contributed by atoms with E-state index in [1.807, 2.05) is 44.2 Å². The third kappa shape index (κ3) is 1.93. The number of rotatable bonds is 0. The van der Waals surface area contributed by atoms with Gasteiger partial charge in [-0.25, -0.2) is 0 Å². The molecule has 2 heteroatoms.